The lowest BCUT2D eigenvalue weighted by Gasteiger charge is -2.23. The lowest BCUT2D eigenvalue weighted by atomic mass is 9.87. The largest absolute Gasteiger partial charge is 0.422 e. The van der Waals surface area contributed by atoms with Crippen LogP contribution in [-0.4, -0.2) is 23.9 Å². The molecule has 8 aromatic carbocycles. The maximum absolute atomic E-state index is 14.3. The van der Waals surface area contributed by atoms with Gasteiger partial charge in [0, 0.05) is 70.2 Å². The molecule has 0 amide bonds. The zero-order chi connectivity index (χ0) is 53.0. The van der Waals surface area contributed by atoms with Gasteiger partial charge in [-0.1, -0.05) is 121 Å². The van der Waals surface area contributed by atoms with Crippen LogP contribution in [0.4, 0.5) is 0 Å². The predicted octanol–water partition coefficient (Wildman–Crippen LogP) is 11.5. The van der Waals surface area contributed by atoms with E-state index in [1.807, 2.05) is 0 Å². The van der Waals surface area contributed by atoms with E-state index in [0.29, 0.717) is 66.8 Å². The molecule has 1 aliphatic rings. The summed E-state index contributed by atoms with van der Waals surface area (Å²) in [5.74, 6) is -2.32. The van der Waals surface area contributed by atoms with Crippen LogP contribution in [0.2, 0.25) is 0 Å². The number of nitrogens with zero attached hydrogens (tertiary/aromatic N) is 4. The van der Waals surface area contributed by atoms with Crippen LogP contribution in [0.15, 0.2) is 170 Å². The Kier molecular flexibility index (Phi) is 15.6. The van der Waals surface area contributed by atoms with Crippen LogP contribution in [0.3, 0.4) is 0 Å². The van der Waals surface area contributed by atoms with Crippen LogP contribution in [-0.2, 0) is 51.4 Å². The average molecular weight is 997 g/mol. The second kappa shape index (κ2) is 23.4. The highest BCUT2D eigenvalue weighted by atomic mass is 16.5. The summed E-state index contributed by atoms with van der Waals surface area (Å²) >= 11 is 0. The SMILES string of the molecule is N#CCc1cc2c(OC(=O)c3ccccc3)c(c1)Cc1cc(CC#N)cc(c1OC(=O)c1ccccc1)Cc1cc(CC#N)cc(c1OC(=O)c1ccccc1)Cc1cc(CC#N)cc(c1OC(=O)c1ccccc1)C2. The van der Waals surface area contributed by atoms with E-state index in [-0.39, 0.29) is 96.6 Å². The standard InChI is InChI=1S/C64H44N4O8/c65-25-21-41-29-49-37-51-31-42(22-26-66)33-53(58(51)74-62(70)46-15-7-2-8-16-46)39-55-35-44(24-28-68)36-56(60(55)76-64(72)48-19-11-4-12-20-48)40-54-34-43(23-27-67)32-52(59(54)75-63(71)47-17-9-3-10-18-47)38-50(30-41)57(49)73-61(69)45-13-5-1-6-14-45/h1-20,29-36H,21-24,37-40H2. The fourth-order valence-electron chi connectivity index (χ4n) is 9.38. The molecule has 368 valence electrons. The van der Waals surface area contributed by atoms with Gasteiger partial charge in [0.05, 0.1) is 72.2 Å². The lowest BCUT2D eigenvalue weighted by Crippen LogP contribution is -2.16. The highest BCUT2D eigenvalue weighted by Gasteiger charge is 2.28. The molecule has 76 heavy (non-hydrogen) atoms. The molecular weight excluding hydrogens is 953 g/mol. The summed E-state index contributed by atoms with van der Waals surface area (Å²) in [5, 5.41) is 40.8. The highest BCUT2D eigenvalue weighted by molar-refractivity contribution is 5.94. The number of esters is 4. The zero-order valence-corrected chi connectivity index (χ0v) is 40.9. The summed E-state index contributed by atoms with van der Waals surface area (Å²) in [6.07, 6.45) is -0.608. The molecule has 0 saturated heterocycles. The van der Waals surface area contributed by atoms with Crippen LogP contribution < -0.4 is 18.9 Å². The minimum absolute atomic E-state index is 0.0673. The Morgan fingerprint density at radius 3 is 0.632 bits per heavy atom. The van der Waals surface area contributed by atoms with Crippen LogP contribution in [0.5, 0.6) is 23.0 Å². The Hall–Kier alpha value is -10.4. The maximum atomic E-state index is 14.3. The molecule has 0 atom stereocenters. The Labute approximate surface area is 438 Å². The van der Waals surface area contributed by atoms with Crippen molar-refractivity contribution in [1.29, 1.82) is 21.0 Å². The molecular formula is C64H44N4O8. The topological polar surface area (TPSA) is 200 Å². The quantitative estimate of drug-likeness (QED) is 0.0829. The van der Waals surface area contributed by atoms with E-state index in [1.165, 1.54) is 0 Å². The smallest absolute Gasteiger partial charge is 0.343 e. The summed E-state index contributed by atoms with van der Waals surface area (Å²) in [4.78, 5) is 57.3. The molecule has 8 bridgehead atoms. The molecule has 9 rings (SSSR count). The Balaban J connectivity index is 1.38. The number of fused-ring (bicyclic) bond motifs is 8. The van der Waals surface area contributed by atoms with Gasteiger partial charge in [0.1, 0.15) is 23.0 Å². The summed E-state index contributed by atoms with van der Waals surface area (Å²) in [7, 11) is 0. The molecule has 0 heterocycles. The molecule has 1 aliphatic carbocycles. The van der Waals surface area contributed by atoms with Gasteiger partial charge in [0.2, 0.25) is 0 Å². The van der Waals surface area contributed by atoms with Crippen molar-refractivity contribution in [2.75, 3.05) is 0 Å². The van der Waals surface area contributed by atoms with Crippen molar-refractivity contribution in [3.63, 3.8) is 0 Å². The molecule has 0 aromatic heterocycles. The maximum Gasteiger partial charge on any atom is 0.343 e. The number of hydrogen-bond acceptors (Lipinski definition) is 12. The number of hydrogen-bond donors (Lipinski definition) is 0. The molecule has 0 unspecified atom stereocenters. The van der Waals surface area contributed by atoms with Crippen molar-refractivity contribution in [1.82, 2.24) is 0 Å². The highest BCUT2D eigenvalue weighted by Crippen LogP contribution is 2.42. The molecule has 0 spiro atoms. The molecule has 12 heteroatoms. The van der Waals surface area contributed by atoms with Gasteiger partial charge in [-0.3, -0.25) is 0 Å². The van der Waals surface area contributed by atoms with Gasteiger partial charge in [-0.25, -0.2) is 19.2 Å². The van der Waals surface area contributed by atoms with E-state index in [4.69, 9.17) is 18.9 Å². The summed E-state index contributed by atoms with van der Waals surface area (Å²) in [6.45, 7) is 0. The van der Waals surface area contributed by atoms with Gasteiger partial charge in [-0.15, -0.1) is 0 Å². The number of carbonyl (C=O) groups is 4. The van der Waals surface area contributed by atoms with Crippen molar-refractivity contribution in [3.8, 4) is 47.3 Å². The van der Waals surface area contributed by atoms with E-state index < -0.39 is 23.9 Å². The third kappa shape index (κ3) is 11.8. The van der Waals surface area contributed by atoms with Gasteiger partial charge < -0.3 is 18.9 Å². The first kappa shape index (κ1) is 50.5. The first-order chi connectivity index (χ1) is 37.1. The summed E-state index contributed by atoms with van der Waals surface area (Å²) in [6, 6.07) is 56.5. The summed E-state index contributed by atoms with van der Waals surface area (Å²) < 4.78 is 25.9. The number of rotatable bonds is 12. The molecule has 0 N–H and O–H groups in total. The van der Waals surface area contributed by atoms with Crippen LogP contribution in [0.1, 0.15) is 108 Å². The molecule has 12 nitrogen and oxygen atoms in total. The van der Waals surface area contributed by atoms with Crippen molar-refractivity contribution in [2.24, 2.45) is 0 Å². The van der Waals surface area contributed by atoms with Gasteiger partial charge in [0.25, 0.3) is 0 Å². The number of ether oxygens (including phenoxy) is 4. The minimum atomic E-state index is -0.695. The number of benzene rings is 8. The fourth-order valence-corrected chi connectivity index (χ4v) is 9.38. The molecule has 0 radical (unpaired) electrons. The van der Waals surface area contributed by atoms with Gasteiger partial charge in [0.15, 0.2) is 0 Å². The Morgan fingerprint density at radius 2 is 0.474 bits per heavy atom. The molecule has 0 saturated carbocycles. The minimum Gasteiger partial charge on any atom is -0.422 e. The first-order valence-corrected chi connectivity index (χ1v) is 24.3. The molecule has 8 aromatic rings. The second-order valence-corrected chi connectivity index (χ2v) is 18.0. The van der Waals surface area contributed by atoms with Gasteiger partial charge >= 0.3 is 23.9 Å². The first-order valence-electron chi connectivity index (χ1n) is 24.3. The zero-order valence-electron chi connectivity index (χ0n) is 40.9. The van der Waals surface area contributed by atoms with E-state index >= 15 is 0 Å². The van der Waals surface area contributed by atoms with Gasteiger partial charge in [-0.2, -0.15) is 21.0 Å². The monoisotopic (exact) mass is 996 g/mol. The summed E-state index contributed by atoms with van der Waals surface area (Å²) in [5.41, 5.74) is 6.41. The van der Waals surface area contributed by atoms with E-state index in [2.05, 4.69) is 24.3 Å². The van der Waals surface area contributed by atoms with Crippen LogP contribution in [0, 0.1) is 45.3 Å². The number of nitriles is 4. The molecule has 0 aliphatic heterocycles. The third-order valence-corrected chi connectivity index (χ3v) is 12.7. The van der Waals surface area contributed by atoms with Crippen LogP contribution >= 0.6 is 0 Å². The van der Waals surface area contributed by atoms with E-state index in [1.54, 1.807) is 170 Å². The predicted molar refractivity (Wildman–Crippen MR) is 280 cm³/mol. The van der Waals surface area contributed by atoms with Crippen molar-refractivity contribution >= 4 is 23.9 Å². The second-order valence-electron chi connectivity index (χ2n) is 18.0. The normalized spacial score (nSPS) is 11.3. The van der Waals surface area contributed by atoms with Crippen molar-refractivity contribution in [3.05, 3.63) is 259 Å². The van der Waals surface area contributed by atoms with Crippen molar-refractivity contribution in [2.45, 2.75) is 51.4 Å². The van der Waals surface area contributed by atoms with Crippen molar-refractivity contribution < 1.29 is 38.1 Å². The average Bonchev–Trinajstić information content (AvgIpc) is 3.44. The van der Waals surface area contributed by atoms with E-state index in [9.17, 15) is 40.2 Å². The lowest BCUT2D eigenvalue weighted by molar-refractivity contribution is 0.0722. The van der Waals surface area contributed by atoms with Gasteiger partial charge in [-0.05, 0) is 70.8 Å². The fraction of sp³-hybridized carbons (Fsp3) is 0.125. The molecule has 0 fully saturated rings. The third-order valence-electron chi connectivity index (χ3n) is 12.7. The van der Waals surface area contributed by atoms with Crippen LogP contribution in [0.25, 0.3) is 0 Å². The van der Waals surface area contributed by atoms with E-state index in [0.717, 1.165) is 0 Å². The number of carbonyl (C=O) groups excluding carboxylic acids is 4. The Morgan fingerprint density at radius 1 is 0.303 bits per heavy atom. The Bertz CT molecular complexity index is 3130.